The van der Waals surface area contributed by atoms with E-state index in [0.29, 0.717) is 0 Å². The van der Waals surface area contributed by atoms with Gasteiger partial charge in [0.15, 0.2) is 0 Å². The van der Waals surface area contributed by atoms with Crippen molar-refractivity contribution in [3.8, 4) is 22.3 Å². The van der Waals surface area contributed by atoms with E-state index < -0.39 is 43.5 Å². The van der Waals surface area contributed by atoms with E-state index in [9.17, 15) is 0 Å². The van der Waals surface area contributed by atoms with Gasteiger partial charge in [0.05, 0.1) is 0 Å². The second kappa shape index (κ2) is 12.3. The van der Waals surface area contributed by atoms with Gasteiger partial charge in [0.1, 0.15) is 0 Å². The van der Waals surface area contributed by atoms with Crippen LogP contribution < -0.4 is 24.0 Å². The SMILES string of the molecule is CCCc1ccc2c(c1-c1cc([Si](C)(C)C)cc([Si](C)(C)C)c1)C=C(C(C)(C)C)[CH]2[Zr]([Cl])([Cl])[c]1cccc2c1[SiH2]c1ccccc1-2. The van der Waals surface area contributed by atoms with E-state index in [-0.39, 0.29) is 9.04 Å². The first kappa shape index (κ1) is 34.6. The number of aryl methyl sites for hydroxylation is 1. The molecule has 0 N–H and O–H groups in total. The first-order chi connectivity index (χ1) is 21.4. The van der Waals surface area contributed by atoms with E-state index >= 15 is 0 Å². The predicted octanol–water partition coefficient (Wildman–Crippen LogP) is 8.77. The van der Waals surface area contributed by atoms with Crippen LogP contribution in [-0.4, -0.2) is 25.7 Å². The fourth-order valence-corrected chi connectivity index (χ4v) is 27.2. The third-order valence-corrected chi connectivity index (χ3v) is 28.4. The monoisotopic (exact) mass is 774 g/mol. The molecule has 0 saturated carbocycles. The van der Waals surface area contributed by atoms with Crippen molar-refractivity contribution in [1.29, 1.82) is 0 Å². The molecule has 4 aromatic carbocycles. The van der Waals surface area contributed by atoms with Crippen molar-refractivity contribution in [3.05, 3.63) is 95.1 Å². The Hall–Kier alpha value is -1.27. The van der Waals surface area contributed by atoms with Crippen molar-refractivity contribution in [1.82, 2.24) is 0 Å². The van der Waals surface area contributed by atoms with Gasteiger partial charge in [0.25, 0.3) is 0 Å². The molecular formula is C40H50Cl2Si3Zr. The maximum atomic E-state index is 8.06. The van der Waals surface area contributed by atoms with E-state index in [1.807, 2.05) is 0 Å². The molecule has 1 aliphatic heterocycles. The second-order valence-electron chi connectivity index (χ2n) is 16.7. The van der Waals surface area contributed by atoms with E-state index in [4.69, 9.17) is 17.0 Å². The molecule has 1 heterocycles. The van der Waals surface area contributed by atoms with Gasteiger partial charge in [0.2, 0.25) is 0 Å². The summed E-state index contributed by atoms with van der Waals surface area (Å²) in [6.07, 6.45) is 4.72. The third-order valence-electron chi connectivity index (χ3n) is 10.2. The average molecular weight is 777 g/mol. The van der Waals surface area contributed by atoms with Crippen LogP contribution in [0.3, 0.4) is 0 Å². The van der Waals surface area contributed by atoms with Gasteiger partial charge < -0.3 is 0 Å². The molecule has 0 bridgehead atoms. The Morgan fingerprint density at radius 1 is 0.783 bits per heavy atom. The Labute approximate surface area is 294 Å². The molecule has 1 aliphatic carbocycles. The molecular weight excluding hydrogens is 727 g/mol. The molecule has 6 heteroatoms. The van der Waals surface area contributed by atoms with Crippen molar-refractivity contribution in [3.63, 3.8) is 0 Å². The number of rotatable bonds is 7. The van der Waals surface area contributed by atoms with Crippen LogP contribution in [0.2, 0.25) is 39.3 Å². The predicted molar refractivity (Wildman–Crippen MR) is 213 cm³/mol. The molecule has 1 atom stereocenters. The van der Waals surface area contributed by atoms with Gasteiger partial charge in [-0.1, -0.05) is 0 Å². The maximum absolute atomic E-state index is 8.06. The van der Waals surface area contributed by atoms with Gasteiger partial charge in [-0.3, -0.25) is 0 Å². The Morgan fingerprint density at radius 3 is 2.02 bits per heavy atom. The number of hydrogen-bond acceptors (Lipinski definition) is 0. The molecule has 46 heavy (non-hydrogen) atoms. The van der Waals surface area contributed by atoms with Gasteiger partial charge in [0, 0.05) is 0 Å². The fraction of sp³-hybridized carbons (Fsp3) is 0.350. The zero-order valence-electron chi connectivity index (χ0n) is 29.5. The van der Waals surface area contributed by atoms with E-state index in [1.165, 1.54) is 58.2 Å². The minimum atomic E-state index is -4.10. The van der Waals surface area contributed by atoms with Crippen LogP contribution in [0.15, 0.2) is 78.4 Å². The van der Waals surface area contributed by atoms with Crippen LogP contribution in [0.5, 0.6) is 0 Å². The first-order valence-electron chi connectivity index (χ1n) is 17.1. The van der Waals surface area contributed by atoms with Crippen molar-refractivity contribution in [2.75, 3.05) is 0 Å². The van der Waals surface area contributed by atoms with Crippen molar-refractivity contribution in [2.24, 2.45) is 5.41 Å². The summed E-state index contributed by atoms with van der Waals surface area (Å²) in [5, 5.41) is 6.14. The molecule has 0 saturated heterocycles. The van der Waals surface area contributed by atoms with Crippen molar-refractivity contribution in [2.45, 2.75) is 83.4 Å². The molecule has 6 rings (SSSR count). The quantitative estimate of drug-likeness (QED) is 0.145. The molecule has 1 unspecified atom stereocenters. The zero-order chi connectivity index (χ0) is 33.4. The Kier molecular flexibility index (Phi) is 9.21. The van der Waals surface area contributed by atoms with Gasteiger partial charge in [-0.15, -0.1) is 0 Å². The fourth-order valence-electron chi connectivity index (χ4n) is 7.62. The van der Waals surface area contributed by atoms with Crippen LogP contribution in [0, 0.1) is 5.41 Å². The first-order valence-corrected chi connectivity index (χ1v) is 34.4. The molecule has 4 aromatic rings. The number of hydrogen-bond donors (Lipinski definition) is 0. The molecule has 0 aromatic heterocycles. The minimum absolute atomic E-state index is 0.0557. The number of allylic oxidation sites excluding steroid dienone is 1. The average Bonchev–Trinajstić information content (AvgIpc) is 3.55. The molecule has 0 amide bonds. The topological polar surface area (TPSA) is 0 Å². The summed E-state index contributed by atoms with van der Waals surface area (Å²) in [4.78, 5) is 0. The van der Waals surface area contributed by atoms with Crippen LogP contribution in [0.1, 0.15) is 54.4 Å². The van der Waals surface area contributed by atoms with Crippen LogP contribution in [0.25, 0.3) is 28.3 Å². The Morgan fingerprint density at radius 2 is 1.41 bits per heavy atom. The van der Waals surface area contributed by atoms with Gasteiger partial charge >= 0.3 is 297 Å². The standard InChI is InChI=1S/C28H41Si2.C12H9Si.2ClH.Zr/c1-11-12-20-13-14-21-15-23(28(2,3)4)18-26(21)27(20)22-16-24(29(5,6)7)19-25(17-22)30(8,9)10;1-3-7-11-9(5-1)10-6-2-4-8-12(10)13-11;;;/h13-19H,11-12H2,1-10H3;1-7H,13H2;2*1H;/q;;;;+2/p-2. The summed E-state index contributed by atoms with van der Waals surface area (Å²) in [6.45, 7) is 24.3. The number of fused-ring (bicyclic) bond motifs is 4. The molecule has 0 nitrogen and oxygen atoms in total. The zero-order valence-corrected chi connectivity index (χ0v) is 36.8. The third kappa shape index (κ3) is 6.18. The summed E-state index contributed by atoms with van der Waals surface area (Å²) in [5.74, 6) is 0. The summed E-state index contributed by atoms with van der Waals surface area (Å²) < 4.78 is 1.38. The summed E-state index contributed by atoms with van der Waals surface area (Å²) in [6, 6.07) is 28.3. The van der Waals surface area contributed by atoms with E-state index in [1.54, 1.807) is 10.4 Å². The summed E-state index contributed by atoms with van der Waals surface area (Å²) in [7, 11) is 12.4. The number of benzene rings is 4. The van der Waals surface area contributed by atoms with Crippen LogP contribution >= 0.6 is 17.0 Å². The molecule has 240 valence electrons. The van der Waals surface area contributed by atoms with Crippen LogP contribution in [0.4, 0.5) is 0 Å². The van der Waals surface area contributed by atoms with E-state index in [0.717, 1.165) is 12.8 Å². The van der Waals surface area contributed by atoms with Gasteiger partial charge in [-0.25, -0.2) is 0 Å². The van der Waals surface area contributed by atoms with Crippen LogP contribution in [-0.2, 0) is 24.3 Å². The molecule has 2 aliphatic rings. The second-order valence-corrected chi connectivity index (χ2v) is 42.7. The summed E-state index contributed by atoms with van der Waals surface area (Å²) in [5.41, 5.74) is 11.2. The van der Waals surface area contributed by atoms with Crippen molar-refractivity contribution < 1.29 is 17.9 Å². The number of halogens is 2. The normalized spacial score (nSPS) is 16.8. The van der Waals surface area contributed by atoms with Crippen molar-refractivity contribution >= 4 is 72.8 Å². The summed E-state index contributed by atoms with van der Waals surface area (Å²) >= 11 is -4.10. The Balaban J connectivity index is 1.61. The van der Waals surface area contributed by atoms with Gasteiger partial charge in [-0.05, 0) is 0 Å². The molecule has 0 spiro atoms. The Bertz CT molecular complexity index is 1840. The molecule has 0 fully saturated rings. The molecule has 0 radical (unpaired) electrons. The van der Waals surface area contributed by atoms with E-state index in [2.05, 4.69) is 146 Å². The van der Waals surface area contributed by atoms with Gasteiger partial charge in [-0.2, -0.15) is 0 Å².